The highest BCUT2D eigenvalue weighted by atomic mass is 32.1. The van der Waals surface area contributed by atoms with Crippen molar-refractivity contribution in [2.24, 2.45) is 5.92 Å². The number of aryl methyl sites for hydroxylation is 1. The highest BCUT2D eigenvalue weighted by Crippen LogP contribution is 2.36. The van der Waals surface area contributed by atoms with Crippen LogP contribution in [-0.2, 0) is 19.6 Å². The van der Waals surface area contributed by atoms with Crippen LogP contribution in [-0.4, -0.2) is 46.7 Å². The van der Waals surface area contributed by atoms with Gasteiger partial charge in [0.05, 0.1) is 0 Å². The molecule has 0 aliphatic carbocycles. The number of rotatable bonds is 4. The number of pyridine rings is 1. The van der Waals surface area contributed by atoms with Gasteiger partial charge in [-0.1, -0.05) is 6.07 Å². The summed E-state index contributed by atoms with van der Waals surface area (Å²) >= 11 is 1.89. The Morgan fingerprint density at radius 1 is 1.07 bits per heavy atom. The van der Waals surface area contributed by atoms with Crippen molar-refractivity contribution < 1.29 is 4.39 Å². The Morgan fingerprint density at radius 2 is 1.96 bits per heavy atom. The van der Waals surface area contributed by atoms with Crippen molar-refractivity contribution in [3.63, 3.8) is 0 Å². The van der Waals surface area contributed by atoms with Gasteiger partial charge in [0.2, 0.25) is 0 Å². The Hall–Kier alpha value is -1.50. The molecule has 2 saturated heterocycles. The van der Waals surface area contributed by atoms with E-state index in [1.165, 1.54) is 21.9 Å². The maximum atomic E-state index is 13.5. The smallest absolute Gasteiger partial charge is 0.255 e. The summed E-state index contributed by atoms with van der Waals surface area (Å²) in [6, 6.07) is 8.61. The summed E-state index contributed by atoms with van der Waals surface area (Å²) < 4.78 is 15.5. The van der Waals surface area contributed by atoms with Crippen molar-refractivity contribution in [1.29, 1.82) is 0 Å². The van der Waals surface area contributed by atoms with Gasteiger partial charge in [0.15, 0.2) is 0 Å². The maximum absolute atomic E-state index is 13.5. The average molecular weight is 402 g/mol. The van der Waals surface area contributed by atoms with Crippen LogP contribution in [0.25, 0.3) is 0 Å². The quantitative estimate of drug-likeness (QED) is 0.786. The largest absolute Gasteiger partial charge is 0.312 e. The Labute approximate surface area is 169 Å². The van der Waals surface area contributed by atoms with Crippen molar-refractivity contribution in [2.75, 3.05) is 26.2 Å². The SMILES string of the molecule is Cc1ccc(CN2C[C@@H]3C[C@H](C2)c2ccc(CN4CC[C@H](F)C4)c(=O)n2C3)s1. The van der Waals surface area contributed by atoms with Gasteiger partial charge in [0, 0.05) is 72.7 Å². The molecule has 4 nitrogen and oxygen atoms in total. The molecule has 150 valence electrons. The molecule has 3 atom stereocenters. The third kappa shape index (κ3) is 3.58. The number of likely N-dealkylation sites (tertiary alicyclic amines) is 2. The van der Waals surface area contributed by atoms with Gasteiger partial charge in [-0.2, -0.15) is 0 Å². The van der Waals surface area contributed by atoms with Crippen LogP contribution in [0.3, 0.4) is 0 Å². The molecule has 0 saturated carbocycles. The third-order valence-corrected chi connectivity index (χ3v) is 7.53. The molecule has 0 spiro atoms. The van der Waals surface area contributed by atoms with Gasteiger partial charge in [0.25, 0.3) is 5.56 Å². The van der Waals surface area contributed by atoms with E-state index in [4.69, 9.17) is 0 Å². The molecule has 28 heavy (non-hydrogen) atoms. The van der Waals surface area contributed by atoms with Gasteiger partial charge in [-0.15, -0.1) is 11.3 Å². The maximum Gasteiger partial charge on any atom is 0.255 e. The van der Waals surface area contributed by atoms with Crippen LogP contribution >= 0.6 is 11.3 Å². The number of hydrogen-bond donors (Lipinski definition) is 0. The molecule has 0 radical (unpaired) electrons. The van der Waals surface area contributed by atoms with Gasteiger partial charge in [-0.3, -0.25) is 14.6 Å². The molecule has 5 rings (SSSR count). The first-order chi connectivity index (χ1) is 13.5. The van der Waals surface area contributed by atoms with Gasteiger partial charge < -0.3 is 4.57 Å². The lowest BCUT2D eigenvalue weighted by molar-refractivity contribution is 0.115. The van der Waals surface area contributed by atoms with Gasteiger partial charge in [-0.05, 0) is 43.9 Å². The van der Waals surface area contributed by atoms with Crippen molar-refractivity contribution in [2.45, 2.75) is 51.5 Å². The summed E-state index contributed by atoms with van der Waals surface area (Å²) in [5.74, 6) is 0.986. The molecule has 6 heteroatoms. The number of fused-ring (bicyclic) bond motifs is 4. The number of thiophene rings is 1. The molecule has 5 heterocycles. The average Bonchev–Trinajstić information content (AvgIpc) is 3.25. The summed E-state index contributed by atoms with van der Waals surface area (Å²) in [5, 5.41) is 0. The summed E-state index contributed by atoms with van der Waals surface area (Å²) in [6.45, 7) is 7.90. The van der Waals surface area contributed by atoms with Gasteiger partial charge in [-0.25, -0.2) is 4.39 Å². The summed E-state index contributed by atoms with van der Waals surface area (Å²) in [5.41, 5.74) is 2.17. The molecule has 0 aromatic carbocycles. The van der Waals surface area contributed by atoms with E-state index in [0.29, 0.717) is 31.3 Å². The fraction of sp³-hybridized carbons (Fsp3) is 0.591. The lowest BCUT2D eigenvalue weighted by atomic mass is 9.83. The van der Waals surface area contributed by atoms with Gasteiger partial charge in [0.1, 0.15) is 6.17 Å². The highest BCUT2D eigenvalue weighted by molar-refractivity contribution is 7.11. The van der Waals surface area contributed by atoms with E-state index in [0.717, 1.165) is 38.3 Å². The van der Waals surface area contributed by atoms with Crippen LogP contribution in [0.2, 0.25) is 0 Å². The number of hydrogen-bond acceptors (Lipinski definition) is 4. The molecule has 3 aliphatic rings. The molecule has 2 aromatic heterocycles. The first-order valence-corrected chi connectivity index (χ1v) is 11.2. The molecule has 0 unspecified atom stereocenters. The molecule has 2 fully saturated rings. The van der Waals surface area contributed by atoms with Crippen LogP contribution < -0.4 is 5.56 Å². The number of nitrogens with zero attached hydrogens (tertiary/aromatic N) is 3. The Kier molecular flexibility index (Phi) is 4.89. The molecular weight excluding hydrogens is 373 g/mol. The first kappa shape index (κ1) is 18.5. The second-order valence-corrected chi connectivity index (χ2v) is 10.2. The molecule has 2 bridgehead atoms. The van der Waals surface area contributed by atoms with Crippen LogP contribution in [0.15, 0.2) is 29.1 Å². The van der Waals surface area contributed by atoms with Crippen molar-refractivity contribution >= 4 is 11.3 Å². The summed E-state index contributed by atoms with van der Waals surface area (Å²) in [7, 11) is 0. The lowest BCUT2D eigenvalue weighted by Gasteiger charge is -2.43. The van der Waals surface area contributed by atoms with E-state index in [2.05, 4.69) is 34.9 Å². The Morgan fingerprint density at radius 3 is 2.71 bits per heavy atom. The molecule has 0 amide bonds. The van der Waals surface area contributed by atoms with Crippen LogP contribution in [0.5, 0.6) is 0 Å². The normalized spacial score (nSPS) is 27.9. The van der Waals surface area contributed by atoms with E-state index in [1.807, 2.05) is 22.0 Å². The van der Waals surface area contributed by atoms with E-state index in [-0.39, 0.29) is 5.56 Å². The highest BCUT2D eigenvalue weighted by Gasteiger charge is 2.35. The lowest BCUT2D eigenvalue weighted by Crippen LogP contribution is -2.47. The number of aromatic nitrogens is 1. The standard InChI is InChI=1S/C22H28FN3OS/c1-15-2-4-20(28-15)14-25-9-16-8-18(12-25)21-5-3-17(22(27)26(21)10-16)11-24-7-6-19(23)13-24/h2-5,16,18-19H,6-14H2,1H3/t16-,18+,19-/m0/s1. The van der Waals surface area contributed by atoms with Gasteiger partial charge >= 0.3 is 0 Å². The van der Waals surface area contributed by atoms with Crippen LogP contribution in [0, 0.1) is 12.8 Å². The molecular formula is C22H28FN3OS. The number of alkyl halides is 1. The van der Waals surface area contributed by atoms with E-state index < -0.39 is 6.17 Å². The third-order valence-electron chi connectivity index (χ3n) is 6.54. The second kappa shape index (κ2) is 7.39. The van der Waals surface area contributed by atoms with Crippen LogP contribution in [0.1, 0.15) is 39.8 Å². The minimum absolute atomic E-state index is 0.150. The summed E-state index contributed by atoms with van der Waals surface area (Å²) in [6.07, 6.45) is 1.04. The molecule has 2 aromatic rings. The predicted octanol–water partition coefficient (Wildman–Crippen LogP) is 3.38. The molecule has 3 aliphatic heterocycles. The fourth-order valence-electron chi connectivity index (χ4n) is 5.30. The minimum Gasteiger partial charge on any atom is -0.312 e. The monoisotopic (exact) mass is 401 g/mol. The zero-order valence-electron chi connectivity index (χ0n) is 16.4. The topological polar surface area (TPSA) is 28.5 Å². The second-order valence-electron chi connectivity index (χ2n) is 8.83. The van der Waals surface area contributed by atoms with E-state index >= 15 is 0 Å². The van der Waals surface area contributed by atoms with Crippen molar-refractivity contribution in [3.05, 3.63) is 55.6 Å². The number of piperidine rings is 1. The molecule has 0 N–H and O–H groups in total. The minimum atomic E-state index is -0.738. The Bertz CT molecular complexity index is 923. The predicted molar refractivity (Wildman–Crippen MR) is 111 cm³/mol. The van der Waals surface area contributed by atoms with Crippen LogP contribution in [0.4, 0.5) is 4.39 Å². The zero-order valence-corrected chi connectivity index (χ0v) is 17.3. The van der Waals surface area contributed by atoms with E-state index in [1.54, 1.807) is 0 Å². The summed E-state index contributed by atoms with van der Waals surface area (Å²) in [4.78, 5) is 20.6. The number of halogens is 1. The van der Waals surface area contributed by atoms with Crippen molar-refractivity contribution in [3.8, 4) is 0 Å². The first-order valence-electron chi connectivity index (χ1n) is 10.4. The van der Waals surface area contributed by atoms with E-state index in [9.17, 15) is 9.18 Å². The zero-order chi connectivity index (χ0) is 19.3. The van der Waals surface area contributed by atoms with Crippen molar-refractivity contribution in [1.82, 2.24) is 14.4 Å². The fourth-order valence-corrected chi connectivity index (χ4v) is 6.23. The Balaban J connectivity index is 1.34.